The van der Waals surface area contributed by atoms with E-state index in [1.54, 1.807) is 11.3 Å². The standard InChI is InChI=1S/C14H16BrClN2S/c1-18(8-10-4-5-19-9-10)14(7-17)11-2-3-13(16)12(15)6-11/h2-6,9,14H,7-8,17H2,1H3. The Morgan fingerprint density at radius 3 is 2.79 bits per heavy atom. The molecule has 1 atom stereocenters. The molecule has 2 rings (SSSR count). The van der Waals surface area contributed by atoms with Crippen LogP contribution in [0.1, 0.15) is 17.2 Å². The maximum Gasteiger partial charge on any atom is 0.0548 e. The van der Waals surface area contributed by atoms with Crippen LogP contribution in [0.4, 0.5) is 0 Å². The minimum Gasteiger partial charge on any atom is -0.329 e. The van der Waals surface area contributed by atoms with Gasteiger partial charge in [0, 0.05) is 23.6 Å². The van der Waals surface area contributed by atoms with Gasteiger partial charge in [-0.3, -0.25) is 4.90 Å². The number of nitrogens with two attached hydrogens (primary N) is 1. The fraction of sp³-hybridized carbons (Fsp3) is 0.286. The highest BCUT2D eigenvalue weighted by Gasteiger charge is 2.16. The average Bonchev–Trinajstić information content (AvgIpc) is 2.87. The summed E-state index contributed by atoms with van der Waals surface area (Å²) < 4.78 is 0.911. The molecule has 1 aromatic heterocycles. The summed E-state index contributed by atoms with van der Waals surface area (Å²) in [4.78, 5) is 2.26. The Bertz CT molecular complexity index is 530. The van der Waals surface area contributed by atoms with E-state index in [0.29, 0.717) is 6.54 Å². The zero-order valence-corrected chi connectivity index (χ0v) is 13.8. The summed E-state index contributed by atoms with van der Waals surface area (Å²) in [7, 11) is 2.09. The fourth-order valence-corrected chi connectivity index (χ4v) is 3.24. The van der Waals surface area contributed by atoms with Crippen LogP contribution in [0, 0.1) is 0 Å². The van der Waals surface area contributed by atoms with Gasteiger partial charge in [-0.05, 0) is 63.1 Å². The van der Waals surface area contributed by atoms with Crippen molar-refractivity contribution >= 4 is 38.9 Å². The molecule has 0 bridgehead atoms. The third kappa shape index (κ3) is 3.80. The third-order valence-corrected chi connectivity index (χ3v) is 5.04. The van der Waals surface area contributed by atoms with E-state index in [4.69, 9.17) is 17.3 Å². The molecule has 19 heavy (non-hydrogen) atoms. The number of hydrogen-bond donors (Lipinski definition) is 1. The highest BCUT2D eigenvalue weighted by atomic mass is 79.9. The molecule has 1 heterocycles. The molecule has 0 aliphatic heterocycles. The van der Waals surface area contributed by atoms with Crippen LogP contribution >= 0.6 is 38.9 Å². The van der Waals surface area contributed by atoms with Crippen molar-refractivity contribution in [1.29, 1.82) is 0 Å². The second kappa shape index (κ2) is 6.86. The van der Waals surface area contributed by atoms with E-state index in [2.05, 4.69) is 44.7 Å². The highest BCUT2D eigenvalue weighted by Crippen LogP contribution is 2.28. The van der Waals surface area contributed by atoms with Gasteiger partial charge in [0.15, 0.2) is 0 Å². The van der Waals surface area contributed by atoms with Crippen molar-refractivity contribution in [2.24, 2.45) is 5.73 Å². The Balaban J connectivity index is 2.16. The lowest BCUT2D eigenvalue weighted by Crippen LogP contribution is -2.30. The van der Waals surface area contributed by atoms with Gasteiger partial charge in [0.1, 0.15) is 0 Å². The Labute approximate surface area is 131 Å². The molecule has 102 valence electrons. The highest BCUT2D eigenvalue weighted by molar-refractivity contribution is 9.10. The molecule has 5 heteroatoms. The van der Waals surface area contributed by atoms with Gasteiger partial charge in [-0.1, -0.05) is 17.7 Å². The molecule has 2 nitrogen and oxygen atoms in total. The Morgan fingerprint density at radius 2 is 2.21 bits per heavy atom. The van der Waals surface area contributed by atoms with Crippen LogP contribution in [0.2, 0.25) is 5.02 Å². The average molecular weight is 360 g/mol. The van der Waals surface area contributed by atoms with Crippen molar-refractivity contribution in [3.8, 4) is 0 Å². The van der Waals surface area contributed by atoms with E-state index in [9.17, 15) is 0 Å². The lowest BCUT2D eigenvalue weighted by Gasteiger charge is -2.27. The van der Waals surface area contributed by atoms with Crippen LogP contribution in [0.5, 0.6) is 0 Å². The predicted molar refractivity (Wildman–Crippen MR) is 86.7 cm³/mol. The first kappa shape index (κ1) is 15.0. The normalized spacial score (nSPS) is 12.9. The summed E-state index contributed by atoms with van der Waals surface area (Å²) in [5.41, 5.74) is 8.43. The second-order valence-corrected chi connectivity index (χ2v) is 6.51. The third-order valence-electron chi connectivity index (χ3n) is 3.10. The maximum atomic E-state index is 6.03. The minimum atomic E-state index is 0.188. The predicted octanol–water partition coefficient (Wildman–Crippen LogP) is 4.30. The van der Waals surface area contributed by atoms with E-state index in [1.165, 1.54) is 11.1 Å². The molecule has 0 aliphatic rings. The van der Waals surface area contributed by atoms with Gasteiger partial charge in [0.25, 0.3) is 0 Å². The lowest BCUT2D eigenvalue weighted by atomic mass is 10.1. The van der Waals surface area contributed by atoms with E-state index < -0.39 is 0 Å². The number of halogens is 2. The van der Waals surface area contributed by atoms with Crippen LogP contribution < -0.4 is 5.73 Å². The number of nitrogens with zero attached hydrogens (tertiary/aromatic N) is 1. The SMILES string of the molecule is CN(Cc1ccsc1)C(CN)c1ccc(Cl)c(Br)c1. The number of benzene rings is 1. The van der Waals surface area contributed by atoms with Gasteiger partial charge in [-0.2, -0.15) is 11.3 Å². The van der Waals surface area contributed by atoms with Crippen molar-refractivity contribution < 1.29 is 0 Å². The van der Waals surface area contributed by atoms with E-state index in [-0.39, 0.29) is 6.04 Å². The first-order valence-corrected chi connectivity index (χ1v) is 8.09. The summed E-state index contributed by atoms with van der Waals surface area (Å²) >= 11 is 11.2. The van der Waals surface area contributed by atoms with E-state index in [1.807, 2.05) is 18.2 Å². The summed E-state index contributed by atoms with van der Waals surface area (Å²) in [6.07, 6.45) is 0. The quantitative estimate of drug-likeness (QED) is 0.862. The van der Waals surface area contributed by atoms with Gasteiger partial charge in [0.2, 0.25) is 0 Å². The molecule has 1 aromatic carbocycles. The van der Waals surface area contributed by atoms with Gasteiger partial charge in [-0.15, -0.1) is 0 Å². The van der Waals surface area contributed by atoms with Gasteiger partial charge < -0.3 is 5.73 Å². The van der Waals surface area contributed by atoms with Gasteiger partial charge in [-0.25, -0.2) is 0 Å². The molecule has 0 fully saturated rings. The molecular weight excluding hydrogens is 344 g/mol. The summed E-state index contributed by atoms with van der Waals surface area (Å²) in [6, 6.07) is 8.32. The molecule has 0 aliphatic carbocycles. The van der Waals surface area contributed by atoms with Crippen molar-refractivity contribution in [1.82, 2.24) is 4.90 Å². The molecule has 0 saturated carbocycles. The minimum absolute atomic E-state index is 0.188. The Morgan fingerprint density at radius 1 is 1.42 bits per heavy atom. The van der Waals surface area contributed by atoms with E-state index in [0.717, 1.165) is 16.0 Å². The van der Waals surface area contributed by atoms with Crippen LogP contribution in [0.25, 0.3) is 0 Å². The molecule has 0 radical (unpaired) electrons. The van der Waals surface area contributed by atoms with Crippen LogP contribution in [0.15, 0.2) is 39.5 Å². The summed E-state index contributed by atoms with van der Waals surface area (Å²) in [5.74, 6) is 0. The molecule has 1 unspecified atom stereocenters. The molecule has 0 saturated heterocycles. The first-order valence-electron chi connectivity index (χ1n) is 5.98. The van der Waals surface area contributed by atoms with Gasteiger partial charge in [0.05, 0.1) is 5.02 Å². The van der Waals surface area contributed by atoms with Crippen molar-refractivity contribution in [2.45, 2.75) is 12.6 Å². The molecule has 0 spiro atoms. The van der Waals surface area contributed by atoms with Crippen molar-refractivity contribution in [2.75, 3.05) is 13.6 Å². The molecular formula is C14H16BrClN2S. The Kier molecular flexibility index (Phi) is 5.42. The van der Waals surface area contributed by atoms with Crippen molar-refractivity contribution in [3.63, 3.8) is 0 Å². The number of likely N-dealkylation sites (N-methyl/N-ethyl adjacent to an activating group) is 1. The first-order chi connectivity index (χ1) is 9.11. The largest absolute Gasteiger partial charge is 0.329 e. The Hall–Kier alpha value is -0.390. The molecule has 0 amide bonds. The number of hydrogen-bond acceptors (Lipinski definition) is 3. The smallest absolute Gasteiger partial charge is 0.0548 e. The summed E-state index contributed by atoms with van der Waals surface area (Å²) in [6.45, 7) is 1.47. The maximum absolute atomic E-state index is 6.03. The van der Waals surface area contributed by atoms with Crippen LogP contribution in [-0.2, 0) is 6.54 Å². The zero-order valence-electron chi connectivity index (χ0n) is 10.6. The molecule has 2 aromatic rings. The topological polar surface area (TPSA) is 29.3 Å². The zero-order chi connectivity index (χ0) is 13.8. The monoisotopic (exact) mass is 358 g/mol. The van der Waals surface area contributed by atoms with Crippen LogP contribution in [0.3, 0.4) is 0 Å². The van der Waals surface area contributed by atoms with Crippen molar-refractivity contribution in [3.05, 3.63) is 55.6 Å². The van der Waals surface area contributed by atoms with Crippen LogP contribution in [-0.4, -0.2) is 18.5 Å². The summed E-state index contributed by atoms with van der Waals surface area (Å²) in [5, 5.41) is 4.99. The fourth-order valence-electron chi connectivity index (χ4n) is 2.07. The molecule has 2 N–H and O–H groups in total. The lowest BCUT2D eigenvalue weighted by molar-refractivity contribution is 0.242. The van der Waals surface area contributed by atoms with E-state index >= 15 is 0 Å². The van der Waals surface area contributed by atoms with Gasteiger partial charge >= 0.3 is 0 Å². The second-order valence-electron chi connectivity index (χ2n) is 4.47. The number of rotatable bonds is 5. The number of thiophene rings is 1.